The number of carbonyl (C=O) groups excluding carboxylic acids is 2. The molecular formula is C7H6N2O2. The molecule has 0 spiro atoms. The summed E-state index contributed by atoms with van der Waals surface area (Å²) in [7, 11) is 0. The number of aromatic nitrogens is 1. The molecule has 1 amide bonds. The molecule has 0 saturated heterocycles. The molecule has 2 N–H and O–H groups in total. The minimum Gasteiger partial charge on any atom is -0.348 e. The van der Waals surface area contributed by atoms with Crippen molar-refractivity contribution in [3.05, 3.63) is 23.0 Å². The minimum atomic E-state index is -0.131. The molecule has 0 unspecified atom stereocenters. The quantitative estimate of drug-likeness (QED) is 0.556. The second-order valence-electron chi connectivity index (χ2n) is 2.43. The Hall–Kier alpha value is -1.58. The molecule has 2 rings (SSSR count). The van der Waals surface area contributed by atoms with E-state index in [9.17, 15) is 9.59 Å². The van der Waals surface area contributed by atoms with Crippen LogP contribution in [-0.2, 0) is 6.54 Å². The molecular weight excluding hydrogens is 144 g/mol. The Morgan fingerprint density at radius 1 is 1.55 bits per heavy atom. The number of fused-ring (bicyclic) bond motifs is 1. The number of nitrogens with one attached hydrogen (secondary N) is 2. The van der Waals surface area contributed by atoms with Gasteiger partial charge in [0, 0.05) is 12.1 Å². The highest BCUT2D eigenvalue weighted by molar-refractivity contribution is 5.97. The highest BCUT2D eigenvalue weighted by Crippen LogP contribution is 2.14. The molecule has 1 aromatic heterocycles. The first kappa shape index (κ1) is 6.15. The van der Waals surface area contributed by atoms with Crippen molar-refractivity contribution in [2.45, 2.75) is 6.54 Å². The van der Waals surface area contributed by atoms with Crippen molar-refractivity contribution in [3.8, 4) is 0 Å². The molecule has 0 saturated carbocycles. The average molecular weight is 150 g/mol. The molecule has 1 aromatic rings. The molecule has 2 heterocycles. The summed E-state index contributed by atoms with van der Waals surface area (Å²) in [4.78, 5) is 23.9. The van der Waals surface area contributed by atoms with Gasteiger partial charge in [-0.25, -0.2) is 0 Å². The highest BCUT2D eigenvalue weighted by Gasteiger charge is 2.20. The van der Waals surface area contributed by atoms with Gasteiger partial charge in [-0.3, -0.25) is 9.59 Å². The van der Waals surface area contributed by atoms with Gasteiger partial charge in [-0.05, 0) is 6.07 Å². The second-order valence-corrected chi connectivity index (χ2v) is 2.43. The summed E-state index contributed by atoms with van der Waals surface area (Å²) in [6.07, 6.45) is 0.700. The fraction of sp³-hybridized carbons (Fsp3) is 0.143. The molecule has 1 aliphatic heterocycles. The third kappa shape index (κ3) is 0.756. The molecule has 4 nitrogen and oxygen atoms in total. The summed E-state index contributed by atoms with van der Waals surface area (Å²) >= 11 is 0. The zero-order valence-corrected chi connectivity index (χ0v) is 5.68. The zero-order valence-electron chi connectivity index (χ0n) is 5.68. The maximum atomic E-state index is 10.9. The van der Waals surface area contributed by atoms with Crippen molar-refractivity contribution in [1.29, 1.82) is 0 Å². The predicted octanol–water partition coefficient (Wildman–Crippen LogP) is 0.0706. The Labute approximate surface area is 62.6 Å². The zero-order chi connectivity index (χ0) is 7.84. The van der Waals surface area contributed by atoms with Crippen LogP contribution in [0, 0.1) is 0 Å². The van der Waals surface area contributed by atoms with Crippen LogP contribution in [-0.4, -0.2) is 17.2 Å². The van der Waals surface area contributed by atoms with E-state index < -0.39 is 0 Å². The number of aldehydes is 1. The SMILES string of the molecule is O=Cc1cc2c([nH]1)C(=O)NC2. The van der Waals surface area contributed by atoms with Crippen molar-refractivity contribution in [3.63, 3.8) is 0 Å². The molecule has 0 aliphatic carbocycles. The molecule has 0 fully saturated rings. The summed E-state index contributed by atoms with van der Waals surface area (Å²) in [5.74, 6) is -0.131. The van der Waals surface area contributed by atoms with E-state index in [2.05, 4.69) is 10.3 Å². The number of aromatic amines is 1. The van der Waals surface area contributed by atoms with Crippen molar-refractivity contribution < 1.29 is 9.59 Å². The van der Waals surface area contributed by atoms with Crippen LogP contribution in [0.1, 0.15) is 26.5 Å². The van der Waals surface area contributed by atoms with Gasteiger partial charge in [-0.15, -0.1) is 0 Å². The van der Waals surface area contributed by atoms with Crippen molar-refractivity contribution in [2.24, 2.45) is 0 Å². The van der Waals surface area contributed by atoms with E-state index in [1.54, 1.807) is 6.07 Å². The Balaban J connectivity index is 2.54. The Morgan fingerprint density at radius 2 is 2.36 bits per heavy atom. The normalized spacial score (nSPS) is 14.4. The van der Waals surface area contributed by atoms with Crippen LogP contribution in [0.3, 0.4) is 0 Å². The van der Waals surface area contributed by atoms with E-state index in [0.717, 1.165) is 5.56 Å². The van der Waals surface area contributed by atoms with Gasteiger partial charge in [0.25, 0.3) is 5.91 Å². The Kier molecular flexibility index (Phi) is 1.09. The lowest BCUT2D eigenvalue weighted by atomic mass is 10.3. The third-order valence-electron chi connectivity index (χ3n) is 1.71. The maximum Gasteiger partial charge on any atom is 0.268 e. The summed E-state index contributed by atoms with van der Waals surface area (Å²) < 4.78 is 0. The van der Waals surface area contributed by atoms with Gasteiger partial charge >= 0.3 is 0 Å². The van der Waals surface area contributed by atoms with E-state index in [1.165, 1.54) is 0 Å². The first-order chi connectivity index (χ1) is 5.31. The third-order valence-corrected chi connectivity index (χ3v) is 1.71. The monoisotopic (exact) mass is 150 g/mol. The predicted molar refractivity (Wildman–Crippen MR) is 37.4 cm³/mol. The van der Waals surface area contributed by atoms with E-state index in [-0.39, 0.29) is 5.91 Å². The summed E-state index contributed by atoms with van der Waals surface area (Å²) in [5.41, 5.74) is 1.86. The number of hydrogen-bond acceptors (Lipinski definition) is 2. The van der Waals surface area contributed by atoms with E-state index in [1.807, 2.05) is 0 Å². The average Bonchev–Trinajstić information content (AvgIpc) is 2.53. The van der Waals surface area contributed by atoms with Crippen LogP contribution < -0.4 is 5.32 Å². The standard InChI is InChI=1S/C7H6N2O2/c10-3-5-1-4-2-8-7(11)6(4)9-5/h1,3,9H,2H2,(H,8,11). The van der Waals surface area contributed by atoms with Gasteiger partial charge in [-0.2, -0.15) is 0 Å². The van der Waals surface area contributed by atoms with Gasteiger partial charge in [0.15, 0.2) is 6.29 Å². The lowest BCUT2D eigenvalue weighted by Gasteiger charge is -1.87. The molecule has 56 valence electrons. The number of rotatable bonds is 1. The first-order valence-electron chi connectivity index (χ1n) is 3.26. The van der Waals surface area contributed by atoms with Crippen LogP contribution in [0.2, 0.25) is 0 Å². The molecule has 0 atom stereocenters. The molecule has 4 heteroatoms. The topological polar surface area (TPSA) is 62.0 Å². The lowest BCUT2D eigenvalue weighted by molar-refractivity contribution is 0.0961. The van der Waals surface area contributed by atoms with E-state index >= 15 is 0 Å². The molecule has 1 aliphatic rings. The number of amides is 1. The van der Waals surface area contributed by atoms with Crippen molar-refractivity contribution in [1.82, 2.24) is 10.3 Å². The number of carbonyl (C=O) groups is 2. The van der Waals surface area contributed by atoms with Crippen LogP contribution in [0.5, 0.6) is 0 Å². The minimum absolute atomic E-state index is 0.131. The van der Waals surface area contributed by atoms with Crippen LogP contribution >= 0.6 is 0 Å². The first-order valence-corrected chi connectivity index (χ1v) is 3.26. The second kappa shape index (κ2) is 1.95. The van der Waals surface area contributed by atoms with Gasteiger partial charge in [-0.1, -0.05) is 0 Å². The van der Waals surface area contributed by atoms with Crippen LogP contribution in [0.4, 0.5) is 0 Å². The van der Waals surface area contributed by atoms with Gasteiger partial charge in [0.05, 0.1) is 5.69 Å². The molecule has 11 heavy (non-hydrogen) atoms. The number of H-pyrrole nitrogens is 1. The van der Waals surface area contributed by atoms with Crippen LogP contribution in [0.15, 0.2) is 6.07 Å². The van der Waals surface area contributed by atoms with E-state index in [4.69, 9.17) is 0 Å². The molecule has 0 radical (unpaired) electrons. The summed E-state index contributed by atoms with van der Waals surface area (Å²) in [6, 6.07) is 1.68. The van der Waals surface area contributed by atoms with Crippen LogP contribution in [0.25, 0.3) is 0 Å². The fourth-order valence-electron chi connectivity index (χ4n) is 1.19. The van der Waals surface area contributed by atoms with Gasteiger partial charge in [0.1, 0.15) is 5.69 Å². The number of hydrogen-bond donors (Lipinski definition) is 2. The fourth-order valence-corrected chi connectivity index (χ4v) is 1.19. The summed E-state index contributed by atoms with van der Waals surface area (Å²) in [6.45, 7) is 0.526. The Morgan fingerprint density at radius 3 is 3.00 bits per heavy atom. The smallest absolute Gasteiger partial charge is 0.268 e. The largest absolute Gasteiger partial charge is 0.348 e. The van der Waals surface area contributed by atoms with Gasteiger partial charge in [0.2, 0.25) is 0 Å². The van der Waals surface area contributed by atoms with Gasteiger partial charge < -0.3 is 10.3 Å². The molecule has 0 bridgehead atoms. The maximum absolute atomic E-state index is 10.9. The summed E-state index contributed by atoms with van der Waals surface area (Å²) in [5, 5.41) is 2.63. The molecule has 0 aromatic carbocycles. The lowest BCUT2D eigenvalue weighted by Crippen LogP contribution is -2.13. The van der Waals surface area contributed by atoms with Crippen molar-refractivity contribution >= 4 is 12.2 Å². The highest BCUT2D eigenvalue weighted by atomic mass is 16.2. The van der Waals surface area contributed by atoms with Crippen molar-refractivity contribution in [2.75, 3.05) is 0 Å². The van der Waals surface area contributed by atoms with E-state index in [0.29, 0.717) is 24.2 Å². The Bertz CT molecular complexity index is 327.